The summed E-state index contributed by atoms with van der Waals surface area (Å²) in [5, 5.41) is 3.36. The highest BCUT2D eigenvalue weighted by molar-refractivity contribution is 5.96. The number of nitrogens with zero attached hydrogens (tertiary/aromatic N) is 3. The van der Waals surface area contributed by atoms with Crippen LogP contribution in [-0.4, -0.2) is 15.0 Å². The smallest absolute Gasteiger partial charge is 0.160 e. The van der Waals surface area contributed by atoms with Crippen LogP contribution in [0.5, 0.6) is 0 Å². The minimum atomic E-state index is 0.713. The average Bonchev–Trinajstić information content (AvgIpc) is 2.88. The summed E-state index contributed by atoms with van der Waals surface area (Å²) in [5.74, 6) is 0.713. The zero-order chi connectivity index (χ0) is 21.3. The molecule has 3 nitrogen and oxygen atoms in total. The van der Waals surface area contributed by atoms with Crippen molar-refractivity contribution in [2.75, 3.05) is 0 Å². The number of hydrogen-bond acceptors (Lipinski definition) is 3. The maximum absolute atomic E-state index is 5.01. The predicted molar refractivity (Wildman–Crippen MR) is 131 cm³/mol. The zero-order valence-electron chi connectivity index (χ0n) is 17.3. The van der Waals surface area contributed by atoms with Crippen LogP contribution in [0.1, 0.15) is 0 Å². The summed E-state index contributed by atoms with van der Waals surface area (Å²) in [7, 11) is 0. The zero-order valence-corrected chi connectivity index (χ0v) is 17.3. The lowest BCUT2D eigenvalue weighted by Gasteiger charge is -2.11. The van der Waals surface area contributed by atoms with E-state index in [0.29, 0.717) is 5.82 Å². The quantitative estimate of drug-likeness (QED) is 0.311. The SMILES string of the molecule is c1ccc(-c2nc(-c3cccc(-c4nccc5ccccc45)c3)nc3ccccc23)cc1. The number of pyridine rings is 1. The van der Waals surface area contributed by atoms with E-state index in [4.69, 9.17) is 9.97 Å². The molecule has 0 unspecified atom stereocenters. The molecule has 32 heavy (non-hydrogen) atoms. The number of benzene rings is 4. The number of para-hydroxylation sites is 1. The van der Waals surface area contributed by atoms with E-state index in [1.165, 1.54) is 5.39 Å². The monoisotopic (exact) mass is 409 g/mol. The number of fused-ring (bicyclic) bond motifs is 2. The van der Waals surface area contributed by atoms with Crippen LogP contribution >= 0.6 is 0 Å². The molecule has 0 aliphatic carbocycles. The number of hydrogen-bond donors (Lipinski definition) is 0. The summed E-state index contributed by atoms with van der Waals surface area (Å²) >= 11 is 0. The van der Waals surface area contributed by atoms with Crippen LogP contribution in [0.25, 0.3) is 55.6 Å². The molecular formula is C29H19N3. The second kappa shape index (κ2) is 7.71. The predicted octanol–water partition coefficient (Wildman–Crippen LogP) is 7.18. The topological polar surface area (TPSA) is 38.7 Å². The molecule has 0 fully saturated rings. The van der Waals surface area contributed by atoms with Gasteiger partial charge in [-0.1, -0.05) is 91.0 Å². The number of rotatable bonds is 3. The van der Waals surface area contributed by atoms with Crippen LogP contribution in [0.2, 0.25) is 0 Å². The van der Waals surface area contributed by atoms with Crippen LogP contribution in [0.15, 0.2) is 115 Å². The molecule has 2 aromatic heterocycles. The Labute approximate surface area is 186 Å². The molecule has 150 valence electrons. The summed E-state index contributed by atoms with van der Waals surface area (Å²) in [6, 6.07) is 37.2. The fraction of sp³-hybridized carbons (Fsp3) is 0. The Bertz CT molecular complexity index is 1570. The summed E-state index contributed by atoms with van der Waals surface area (Å²) < 4.78 is 0. The van der Waals surface area contributed by atoms with E-state index in [1.807, 2.05) is 48.7 Å². The Morgan fingerprint density at radius 2 is 1.19 bits per heavy atom. The highest BCUT2D eigenvalue weighted by atomic mass is 14.9. The molecule has 0 N–H and O–H groups in total. The van der Waals surface area contributed by atoms with Crippen molar-refractivity contribution in [3.05, 3.63) is 115 Å². The van der Waals surface area contributed by atoms with Gasteiger partial charge in [0.15, 0.2) is 5.82 Å². The first kappa shape index (κ1) is 18.4. The van der Waals surface area contributed by atoms with Gasteiger partial charge >= 0.3 is 0 Å². The van der Waals surface area contributed by atoms with Gasteiger partial charge in [-0.25, -0.2) is 9.97 Å². The van der Waals surface area contributed by atoms with Gasteiger partial charge in [0.2, 0.25) is 0 Å². The van der Waals surface area contributed by atoms with Crippen molar-refractivity contribution in [1.29, 1.82) is 0 Å². The van der Waals surface area contributed by atoms with E-state index in [-0.39, 0.29) is 0 Å². The van der Waals surface area contributed by atoms with Crippen molar-refractivity contribution in [3.8, 4) is 33.9 Å². The van der Waals surface area contributed by atoms with Gasteiger partial charge in [-0.15, -0.1) is 0 Å². The Hall–Kier alpha value is -4.37. The van der Waals surface area contributed by atoms with Crippen molar-refractivity contribution >= 4 is 21.7 Å². The van der Waals surface area contributed by atoms with Gasteiger partial charge in [0.25, 0.3) is 0 Å². The first-order valence-corrected chi connectivity index (χ1v) is 10.6. The van der Waals surface area contributed by atoms with Crippen molar-refractivity contribution in [3.63, 3.8) is 0 Å². The minimum absolute atomic E-state index is 0.713. The molecule has 0 amide bonds. The number of aromatic nitrogens is 3. The van der Waals surface area contributed by atoms with Gasteiger partial charge in [-0.2, -0.15) is 0 Å². The molecule has 0 saturated heterocycles. The molecule has 2 heterocycles. The third-order valence-electron chi connectivity index (χ3n) is 5.72. The van der Waals surface area contributed by atoms with Crippen molar-refractivity contribution in [1.82, 2.24) is 15.0 Å². The van der Waals surface area contributed by atoms with Gasteiger partial charge < -0.3 is 0 Å². The van der Waals surface area contributed by atoms with Gasteiger partial charge in [0.05, 0.1) is 16.9 Å². The maximum atomic E-state index is 5.01. The molecule has 3 heteroatoms. The fourth-order valence-electron chi connectivity index (χ4n) is 4.18. The van der Waals surface area contributed by atoms with E-state index in [1.54, 1.807) is 0 Å². The summed E-state index contributed by atoms with van der Waals surface area (Å²) in [4.78, 5) is 14.6. The highest BCUT2D eigenvalue weighted by Gasteiger charge is 2.12. The van der Waals surface area contributed by atoms with Gasteiger partial charge in [-0.05, 0) is 23.6 Å². The molecule has 0 spiro atoms. The van der Waals surface area contributed by atoms with E-state index in [9.17, 15) is 0 Å². The van der Waals surface area contributed by atoms with Gasteiger partial charge in [-0.3, -0.25) is 4.98 Å². The minimum Gasteiger partial charge on any atom is -0.256 e. The fourth-order valence-corrected chi connectivity index (χ4v) is 4.18. The Balaban J connectivity index is 1.55. The Morgan fingerprint density at radius 1 is 0.469 bits per heavy atom. The van der Waals surface area contributed by atoms with Crippen LogP contribution in [0, 0.1) is 0 Å². The van der Waals surface area contributed by atoms with Crippen LogP contribution < -0.4 is 0 Å². The molecule has 6 rings (SSSR count). The Morgan fingerprint density at radius 3 is 2.09 bits per heavy atom. The largest absolute Gasteiger partial charge is 0.256 e. The Kier molecular flexibility index (Phi) is 4.43. The van der Waals surface area contributed by atoms with Crippen molar-refractivity contribution in [2.45, 2.75) is 0 Å². The van der Waals surface area contributed by atoms with Gasteiger partial charge in [0.1, 0.15) is 0 Å². The lowest BCUT2D eigenvalue weighted by molar-refractivity contribution is 1.23. The highest BCUT2D eigenvalue weighted by Crippen LogP contribution is 2.32. The first-order chi connectivity index (χ1) is 15.9. The molecule has 0 aliphatic rings. The maximum Gasteiger partial charge on any atom is 0.160 e. The molecule has 6 aromatic rings. The van der Waals surface area contributed by atoms with Crippen molar-refractivity contribution in [2.24, 2.45) is 0 Å². The molecule has 0 bridgehead atoms. The summed E-state index contributed by atoms with van der Waals surface area (Å²) in [6.45, 7) is 0. The molecule has 4 aromatic carbocycles. The lowest BCUT2D eigenvalue weighted by Crippen LogP contribution is -1.95. The van der Waals surface area contributed by atoms with Crippen LogP contribution in [0.3, 0.4) is 0 Å². The third kappa shape index (κ3) is 3.21. The third-order valence-corrected chi connectivity index (χ3v) is 5.72. The first-order valence-electron chi connectivity index (χ1n) is 10.6. The molecule has 0 aliphatic heterocycles. The lowest BCUT2D eigenvalue weighted by atomic mass is 10.0. The van der Waals surface area contributed by atoms with E-state index >= 15 is 0 Å². The van der Waals surface area contributed by atoms with Gasteiger partial charge in [0, 0.05) is 33.7 Å². The molecule has 0 atom stereocenters. The summed E-state index contributed by atoms with van der Waals surface area (Å²) in [6.07, 6.45) is 1.87. The van der Waals surface area contributed by atoms with Crippen LogP contribution in [-0.2, 0) is 0 Å². The standard InChI is InChI=1S/C29H19N3/c1-2-10-21(11-3-1)28-25-15-6-7-16-26(25)31-29(32-28)23-13-8-12-22(19-23)27-24-14-5-4-9-20(24)17-18-30-27/h1-19H. The normalized spacial score (nSPS) is 11.1. The second-order valence-electron chi connectivity index (χ2n) is 7.74. The van der Waals surface area contributed by atoms with E-state index in [0.717, 1.165) is 44.4 Å². The average molecular weight is 409 g/mol. The van der Waals surface area contributed by atoms with Crippen molar-refractivity contribution < 1.29 is 0 Å². The molecular weight excluding hydrogens is 390 g/mol. The molecule has 0 saturated carbocycles. The van der Waals surface area contributed by atoms with E-state index < -0.39 is 0 Å². The summed E-state index contributed by atoms with van der Waals surface area (Å²) in [5.41, 5.74) is 5.95. The van der Waals surface area contributed by atoms with E-state index in [2.05, 4.69) is 71.7 Å². The second-order valence-corrected chi connectivity index (χ2v) is 7.74. The molecule has 0 radical (unpaired) electrons. The van der Waals surface area contributed by atoms with Crippen LogP contribution in [0.4, 0.5) is 0 Å².